The van der Waals surface area contributed by atoms with Crippen LogP contribution in [0.15, 0.2) is 48.5 Å². The van der Waals surface area contributed by atoms with Crippen LogP contribution in [-0.2, 0) is 0 Å². The van der Waals surface area contributed by atoms with Gasteiger partial charge in [-0.3, -0.25) is 0 Å². The molecule has 0 fully saturated rings. The molecule has 2 aromatic carbocycles. The third kappa shape index (κ3) is 2.92. The first-order valence-electron chi connectivity index (χ1n) is 6.56. The first kappa shape index (κ1) is 14.0. The number of methoxy groups -OCH3 is 1. The van der Waals surface area contributed by atoms with Crippen LogP contribution in [-0.4, -0.2) is 13.2 Å². The minimum Gasteiger partial charge on any atom is -0.497 e. The Morgan fingerprint density at radius 1 is 0.950 bits per heavy atom. The molecule has 0 aliphatic heterocycles. The van der Waals surface area contributed by atoms with Crippen molar-refractivity contribution in [3.05, 3.63) is 59.9 Å². The molecular formula is C17H18N2O. The van der Waals surface area contributed by atoms with E-state index in [1.807, 2.05) is 48.5 Å². The second-order valence-corrected chi connectivity index (χ2v) is 4.79. The quantitative estimate of drug-likeness (QED) is 0.740. The Bertz CT molecular complexity index is 594. The first-order chi connectivity index (χ1) is 9.65. The predicted molar refractivity (Wildman–Crippen MR) is 83.0 cm³/mol. The fourth-order valence-corrected chi connectivity index (χ4v) is 2.18. The SMILES string of the molecule is [C-]#[N+]c1ccc(N(c2ccc(OC)cc2)C(C)C)cc1. The average Bonchev–Trinajstić information content (AvgIpc) is 2.48. The van der Waals surface area contributed by atoms with Crippen molar-refractivity contribution in [1.82, 2.24) is 0 Å². The van der Waals surface area contributed by atoms with Gasteiger partial charge in [0.2, 0.25) is 0 Å². The zero-order valence-electron chi connectivity index (χ0n) is 12.0. The Morgan fingerprint density at radius 3 is 1.85 bits per heavy atom. The van der Waals surface area contributed by atoms with E-state index in [9.17, 15) is 0 Å². The molecular weight excluding hydrogens is 248 g/mol. The Labute approximate surface area is 120 Å². The van der Waals surface area contributed by atoms with Crippen LogP contribution in [0.4, 0.5) is 17.1 Å². The van der Waals surface area contributed by atoms with Gasteiger partial charge in [0.1, 0.15) is 5.75 Å². The van der Waals surface area contributed by atoms with E-state index in [-0.39, 0.29) is 0 Å². The third-order valence-electron chi connectivity index (χ3n) is 3.12. The highest BCUT2D eigenvalue weighted by molar-refractivity contribution is 5.66. The molecule has 0 heterocycles. The second-order valence-electron chi connectivity index (χ2n) is 4.79. The summed E-state index contributed by atoms with van der Waals surface area (Å²) in [5, 5.41) is 0. The topological polar surface area (TPSA) is 16.8 Å². The number of nitrogens with zero attached hydrogens (tertiary/aromatic N) is 2. The summed E-state index contributed by atoms with van der Waals surface area (Å²) in [6, 6.07) is 16.0. The minimum absolute atomic E-state index is 0.321. The molecule has 0 unspecified atom stereocenters. The van der Waals surface area contributed by atoms with Crippen LogP contribution in [0.3, 0.4) is 0 Å². The van der Waals surface area contributed by atoms with Crippen LogP contribution in [0, 0.1) is 6.57 Å². The van der Waals surface area contributed by atoms with Crippen LogP contribution in [0.25, 0.3) is 4.85 Å². The maximum absolute atomic E-state index is 7.01. The molecule has 0 saturated heterocycles. The van der Waals surface area contributed by atoms with Gasteiger partial charge in [0.05, 0.1) is 13.7 Å². The molecule has 3 nitrogen and oxygen atoms in total. The summed E-state index contributed by atoms with van der Waals surface area (Å²) in [7, 11) is 1.66. The van der Waals surface area contributed by atoms with Crippen molar-refractivity contribution in [2.45, 2.75) is 19.9 Å². The lowest BCUT2D eigenvalue weighted by molar-refractivity contribution is 0.415. The van der Waals surface area contributed by atoms with Gasteiger partial charge in [0.25, 0.3) is 0 Å². The Hall–Kier alpha value is -2.47. The number of hydrogen-bond acceptors (Lipinski definition) is 2. The molecule has 0 bridgehead atoms. The highest BCUT2D eigenvalue weighted by Gasteiger charge is 2.13. The van der Waals surface area contributed by atoms with Gasteiger partial charge in [-0.2, -0.15) is 0 Å². The van der Waals surface area contributed by atoms with Crippen LogP contribution < -0.4 is 9.64 Å². The fraction of sp³-hybridized carbons (Fsp3) is 0.235. The molecule has 0 N–H and O–H groups in total. The van der Waals surface area contributed by atoms with E-state index in [0.717, 1.165) is 17.1 Å². The summed E-state index contributed by atoms with van der Waals surface area (Å²) in [6.07, 6.45) is 0. The van der Waals surface area contributed by atoms with Crippen molar-refractivity contribution < 1.29 is 4.74 Å². The number of ether oxygens (including phenoxy) is 1. The summed E-state index contributed by atoms with van der Waals surface area (Å²) in [5.74, 6) is 0.848. The van der Waals surface area contributed by atoms with Gasteiger partial charge in [-0.1, -0.05) is 12.1 Å². The largest absolute Gasteiger partial charge is 0.497 e. The van der Waals surface area contributed by atoms with Crippen molar-refractivity contribution in [3.8, 4) is 5.75 Å². The fourth-order valence-electron chi connectivity index (χ4n) is 2.18. The lowest BCUT2D eigenvalue weighted by atomic mass is 10.2. The summed E-state index contributed by atoms with van der Waals surface area (Å²) < 4.78 is 5.19. The standard InChI is InChI=1S/C17H18N2O/c1-13(2)19(15-7-5-14(18-3)6-8-15)16-9-11-17(20-4)12-10-16/h5-13H,1-2,4H3. The number of rotatable bonds is 4. The molecule has 2 rings (SSSR count). The molecule has 0 aliphatic carbocycles. The molecule has 3 heteroatoms. The van der Waals surface area contributed by atoms with Crippen LogP contribution >= 0.6 is 0 Å². The van der Waals surface area contributed by atoms with E-state index < -0.39 is 0 Å². The molecule has 0 spiro atoms. The molecule has 0 atom stereocenters. The first-order valence-corrected chi connectivity index (χ1v) is 6.56. The normalized spacial score (nSPS) is 10.2. The van der Waals surface area contributed by atoms with E-state index in [4.69, 9.17) is 11.3 Å². The van der Waals surface area contributed by atoms with Gasteiger partial charge in [-0.25, -0.2) is 4.85 Å². The number of benzene rings is 2. The lowest BCUT2D eigenvalue weighted by Crippen LogP contribution is -2.25. The van der Waals surface area contributed by atoms with Crippen molar-refractivity contribution in [1.29, 1.82) is 0 Å². The summed E-state index contributed by atoms with van der Waals surface area (Å²) in [4.78, 5) is 5.66. The molecule has 0 amide bonds. The van der Waals surface area contributed by atoms with Gasteiger partial charge in [-0.05, 0) is 50.2 Å². The van der Waals surface area contributed by atoms with Crippen LogP contribution in [0.5, 0.6) is 5.75 Å². The van der Waals surface area contributed by atoms with Gasteiger partial charge in [0, 0.05) is 17.4 Å². The summed E-state index contributed by atoms with van der Waals surface area (Å²) in [5.41, 5.74) is 2.85. The van der Waals surface area contributed by atoms with Gasteiger partial charge < -0.3 is 9.64 Å². The van der Waals surface area contributed by atoms with E-state index in [1.165, 1.54) is 0 Å². The van der Waals surface area contributed by atoms with E-state index in [1.54, 1.807) is 7.11 Å². The zero-order chi connectivity index (χ0) is 14.5. The molecule has 0 saturated carbocycles. The highest BCUT2D eigenvalue weighted by atomic mass is 16.5. The average molecular weight is 266 g/mol. The van der Waals surface area contributed by atoms with Crippen molar-refractivity contribution in [2.24, 2.45) is 0 Å². The van der Waals surface area contributed by atoms with E-state index >= 15 is 0 Å². The van der Waals surface area contributed by atoms with Gasteiger partial charge in [0.15, 0.2) is 5.69 Å². The predicted octanol–water partition coefficient (Wildman–Crippen LogP) is 4.79. The van der Waals surface area contributed by atoms with Crippen molar-refractivity contribution in [2.75, 3.05) is 12.0 Å². The summed E-state index contributed by atoms with van der Waals surface area (Å²) >= 11 is 0. The van der Waals surface area contributed by atoms with Gasteiger partial charge >= 0.3 is 0 Å². The smallest absolute Gasteiger partial charge is 0.187 e. The lowest BCUT2D eigenvalue weighted by Gasteiger charge is -2.29. The Balaban J connectivity index is 2.36. The van der Waals surface area contributed by atoms with Crippen molar-refractivity contribution in [3.63, 3.8) is 0 Å². The maximum atomic E-state index is 7.01. The minimum atomic E-state index is 0.321. The Morgan fingerprint density at radius 2 is 1.45 bits per heavy atom. The number of anilines is 2. The number of hydrogen-bond donors (Lipinski definition) is 0. The van der Waals surface area contributed by atoms with E-state index in [2.05, 4.69) is 23.6 Å². The molecule has 20 heavy (non-hydrogen) atoms. The van der Waals surface area contributed by atoms with Crippen molar-refractivity contribution >= 4 is 17.1 Å². The second kappa shape index (κ2) is 6.12. The van der Waals surface area contributed by atoms with Gasteiger partial charge in [-0.15, -0.1) is 0 Å². The highest BCUT2D eigenvalue weighted by Crippen LogP contribution is 2.30. The van der Waals surface area contributed by atoms with Crippen LogP contribution in [0.1, 0.15) is 13.8 Å². The Kier molecular flexibility index (Phi) is 4.27. The molecule has 0 aromatic heterocycles. The molecule has 2 aromatic rings. The maximum Gasteiger partial charge on any atom is 0.187 e. The molecule has 102 valence electrons. The summed E-state index contributed by atoms with van der Waals surface area (Å²) in [6.45, 7) is 11.3. The van der Waals surface area contributed by atoms with E-state index in [0.29, 0.717) is 11.7 Å². The zero-order valence-corrected chi connectivity index (χ0v) is 12.0. The molecule has 0 aliphatic rings. The third-order valence-corrected chi connectivity index (χ3v) is 3.12. The monoisotopic (exact) mass is 266 g/mol. The van der Waals surface area contributed by atoms with Crippen LogP contribution in [0.2, 0.25) is 0 Å². The molecule has 0 radical (unpaired) electrons.